The molecular formula is C14H29NO. The van der Waals surface area contributed by atoms with E-state index in [1.54, 1.807) is 0 Å². The second kappa shape index (κ2) is 7.29. The van der Waals surface area contributed by atoms with Crippen LogP contribution >= 0.6 is 0 Å². The molecule has 3 atom stereocenters. The molecule has 0 aromatic carbocycles. The van der Waals surface area contributed by atoms with E-state index in [9.17, 15) is 5.11 Å². The molecule has 1 aliphatic rings. The molecule has 2 N–H and O–H groups in total. The third kappa shape index (κ3) is 5.86. The van der Waals surface area contributed by atoms with E-state index in [0.717, 1.165) is 25.3 Å². The number of hydrogen-bond donors (Lipinski definition) is 2. The van der Waals surface area contributed by atoms with E-state index >= 15 is 0 Å². The molecule has 2 heteroatoms. The summed E-state index contributed by atoms with van der Waals surface area (Å²) < 4.78 is 0. The Labute approximate surface area is 101 Å². The summed E-state index contributed by atoms with van der Waals surface area (Å²) in [5.41, 5.74) is 0. The lowest BCUT2D eigenvalue weighted by Gasteiger charge is -2.27. The average molecular weight is 227 g/mol. The quantitative estimate of drug-likeness (QED) is 0.731. The summed E-state index contributed by atoms with van der Waals surface area (Å²) >= 11 is 0. The number of aliphatic hydroxyl groups excluding tert-OH is 1. The zero-order chi connectivity index (χ0) is 12.0. The van der Waals surface area contributed by atoms with E-state index in [1.807, 2.05) is 0 Å². The smallest absolute Gasteiger partial charge is 0.0543 e. The fourth-order valence-electron chi connectivity index (χ4n) is 2.50. The van der Waals surface area contributed by atoms with Crippen LogP contribution in [0.2, 0.25) is 0 Å². The molecule has 0 saturated heterocycles. The third-order valence-corrected chi connectivity index (χ3v) is 3.69. The van der Waals surface area contributed by atoms with Crippen molar-refractivity contribution in [2.24, 2.45) is 11.8 Å². The number of rotatable bonds is 6. The molecule has 3 unspecified atom stereocenters. The van der Waals surface area contributed by atoms with Crippen molar-refractivity contribution in [3.05, 3.63) is 0 Å². The van der Waals surface area contributed by atoms with Crippen LogP contribution in [0.5, 0.6) is 0 Å². The van der Waals surface area contributed by atoms with Gasteiger partial charge in [-0.3, -0.25) is 0 Å². The van der Waals surface area contributed by atoms with E-state index in [0.29, 0.717) is 12.0 Å². The lowest BCUT2D eigenvalue weighted by molar-refractivity contribution is 0.0996. The maximum absolute atomic E-state index is 9.59. The normalized spacial score (nSPS) is 28.3. The van der Waals surface area contributed by atoms with Gasteiger partial charge in [-0.05, 0) is 57.4 Å². The molecule has 1 rings (SSSR count). The van der Waals surface area contributed by atoms with Crippen molar-refractivity contribution in [3.63, 3.8) is 0 Å². The Hall–Kier alpha value is -0.0800. The van der Waals surface area contributed by atoms with Crippen LogP contribution in [-0.4, -0.2) is 23.8 Å². The zero-order valence-electron chi connectivity index (χ0n) is 11.2. The highest BCUT2D eigenvalue weighted by molar-refractivity contribution is 4.75. The van der Waals surface area contributed by atoms with Gasteiger partial charge in [0.05, 0.1) is 6.10 Å². The minimum absolute atomic E-state index is 0.0356. The summed E-state index contributed by atoms with van der Waals surface area (Å²) in [5.74, 6) is 1.51. The van der Waals surface area contributed by atoms with Gasteiger partial charge in [-0.1, -0.05) is 20.3 Å². The van der Waals surface area contributed by atoms with Gasteiger partial charge in [0.1, 0.15) is 0 Å². The second-order valence-corrected chi connectivity index (χ2v) is 5.97. The van der Waals surface area contributed by atoms with E-state index < -0.39 is 0 Å². The molecule has 0 aliphatic heterocycles. The highest BCUT2D eigenvalue weighted by Gasteiger charge is 2.20. The topological polar surface area (TPSA) is 32.3 Å². The van der Waals surface area contributed by atoms with Crippen molar-refractivity contribution >= 4 is 0 Å². The Morgan fingerprint density at radius 3 is 2.56 bits per heavy atom. The fraction of sp³-hybridized carbons (Fsp3) is 1.00. The summed E-state index contributed by atoms with van der Waals surface area (Å²) in [6.45, 7) is 7.94. The first kappa shape index (κ1) is 14.0. The largest absolute Gasteiger partial charge is 0.393 e. The minimum Gasteiger partial charge on any atom is -0.393 e. The lowest BCUT2D eigenvalue weighted by atomic mass is 9.87. The minimum atomic E-state index is -0.0356. The van der Waals surface area contributed by atoms with Crippen LogP contribution in [0.4, 0.5) is 0 Å². The molecule has 1 saturated carbocycles. The summed E-state index contributed by atoms with van der Waals surface area (Å²) in [4.78, 5) is 0. The van der Waals surface area contributed by atoms with Gasteiger partial charge in [-0.25, -0.2) is 0 Å². The molecule has 0 aromatic rings. The first-order chi connectivity index (χ1) is 7.58. The molecule has 0 radical (unpaired) electrons. The van der Waals surface area contributed by atoms with Gasteiger partial charge in [-0.2, -0.15) is 0 Å². The second-order valence-electron chi connectivity index (χ2n) is 5.97. The van der Waals surface area contributed by atoms with Crippen molar-refractivity contribution in [1.29, 1.82) is 0 Å². The van der Waals surface area contributed by atoms with Crippen molar-refractivity contribution in [3.8, 4) is 0 Å². The standard InChI is InChI=1S/C14H29NO/c1-11(2)7-8-12(3)15-10-13-5-4-6-14(16)9-13/h11-16H,4-10H2,1-3H3. The van der Waals surface area contributed by atoms with Crippen molar-refractivity contribution in [1.82, 2.24) is 5.32 Å². The average Bonchev–Trinajstić information content (AvgIpc) is 2.23. The van der Waals surface area contributed by atoms with Gasteiger partial charge in [0.2, 0.25) is 0 Å². The number of aliphatic hydroxyl groups is 1. The molecule has 0 bridgehead atoms. The molecule has 16 heavy (non-hydrogen) atoms. The zero-order valence-corrected chi connectivity index (χ0v) is 11.2. The van der Waals surface area contributed by atoms with Crippen LogP contribution in [0.1, 0.15) is 59.3 Å². The van der Waals surface area contributed by atoms with Crippen LogP contribution < -0.4 is 5.32 Å². The third-order valence-electron chi connectivity index (χ3n) is 3.69. The summed E-state index contributed by atoms with van der Waals surface area (Å²) in [5, 5.41) is 13.2. The predicted molar refractivity (Wildman–Crippen MR) is 69.5 cm³/mol. The monoisotopic (exact) mass is 227 g/mol. The van der Waals surface area contributed by atoms with E-state index in [-0.39, 0.29) is 6.10 Å². The van der Waals surface area contributed by atoms with Crippen molar-refractivity contribution in [2.75, 3.05) is 6.54 Å². The van der Waals surface area contributed by atoms with Gasteiger partial charge < -0.3 is 10.4 Å². The molecule has 0 heterocycles. The highest BCUT2D eigenvalue weighted by atomic mass is 16.3. The van der Waals surface area contributed by atoms with Crippen molar-refractivity contribution < 1.29 is 5.11 Å². The summed E-state index contributed by atoms with van der Waals surface area (Å²) in [6.07, 6.45) is 7.05. The Morgan fingerprint density at radius 2 is 1.94 bits per heavy atom. The molecular weight excluding hydrogens is 198 g/mol. The van der Waals surface area contributed by atoms with Gasteiger partial charge >= 0.3 is 0 Å². The van der Waals surface area contributed by atoms with Gasteiger partial charge in [0.15, 0.2) is 0 Å². The lowest BCUT2D eigenvalue weighted by Crippen LogP contribution is -2.34. The predicted octanol–water partition coefficient (Wildman–Crippen LogP) is 2.95. The molecule has 2 nitrogen and oxygen atoms in total. The Kier molecular flexibility index (Phi) is 6.37. The van der Waals surface area contributed by atoms with E-state index in [1.165, 1.54) is 25.7 Å². The van der Waals surface area contributed by atoms with Gasteiger partial charge in [0.25, 0.3) is 0 Å². The summed E-state index contributed by atoms with van der Waals surface area (Å²) in [7, 11) is 0. The Bertz CT molecular complexity index is 182. The first-order valence-corrected chi connectivity index (χ1v) is 6.99. The van der Waals surface area contributed by atoms with Crippen LogP contribution in [-0.2, 0) is 0 Å². The maximum atomic E-state index is 9.59. The van der Waals surface area contributed by atoms with Gasteiger partial charge in [0, 0.05) is 6.04 Å². The highest BCUT2D eigenvalue weighted by Crippen LogP contribution is 2.23. The Balaban J connectivity index is 2.08. The van der Waals surface area contributed by atoms with Gasteiger partial charge in [-0.15, -0.1) is 0 Å². The maximum Gasteiger partial charge on any atom is 0.0543 e. The summed E-state index contributed by atoms with van der Waals surface area (Å²) in [6, 6.07) is 0.626. The number of hydrogen-bond acceptors (Lipinski definition) is 2. The molecule has 1 fully saturated rings. The first-order valence-electron chi connectivity index (χ1n) is 6.99. The van der Waals surface area contributed by atoms with E-state index in [2.05, 4.69) is 26.1 Å². The molecule has 96 valence electrons. The van der Waals surface area contributed by atoms with Crippen molar-refractivity contribution in [2.45, 2.75) is 71.4 Å². The Morgan fingerprint density at radius 1 is 1.19 bits per heavy atom. The van der Waals surface area contributed by atoms with Crippen LogP contribution in [0.3, 0.4) is 0 Å². The molecule has 0 aromatic heterocycles. The fourth-order valence-corrected chi connectivity index (χ4v) is 2.50. The van der Waals surface area contributed by atoms with Crippen LogP contribution in [0, 0.1) is 11.8 Å². The number of nitrogens with one attached hydrogen (secondary N) is 1. The molecule has 0 amide bonds. The molecule has 0 spiro atoms. The van der Waals surface area contributed by atoms with Crippen LogP contribution in [0.25, 0.3) is 0 Å². The van der Waals surface area contributed by atoms with Crippen LogP contribution in [0.15, 0.2) is 0 Å². The SMILES string of the molecule is CC(C)CCC(C)NCC1CCCC(O)C1. The van der Waals surface area contributed by atoms with E-state index in [4.69, 9.17) is 0 Å². The molecule has 1 aliphatic carbocycles.